The van der Waals surface area contributed by atoms with Crippen LogP contribution in [0.3, 0.4) is 0 Å². The molecule has 1 amide bonds. The van der Waals surface area contributed by atoms with Gasteiger partial charge in [0, 0.05) is 6.54 Å². The van der Waals surface area contributed by atoms with E-state index < -0.39 is 0 Å². The van der Waals surface area contributed by atoms with Gasteiger partial charge in [0.25, 0.3) is 0 Å². The van der Waals surface area contributed by atoms with Crippen LogP contribution in [0.15, 0.2) is 133 Å². The lowest BCUT2D eigenvalue weighted by Crippen LogP contribution is -2.42. The van der Waals surface area contributed by atoms with Crippen molar-refractivity contribution < 1.29 is 14.3 Å². The number of aryl methyl sites for hydroxylation is 1. The number of rotatable bonds is 9. The molecule has 1 aliphatic rings. The smallest absolute Gasteiger partial charge is 0.337 e. The topological polar surface area (TPSA) is 46.6 Å². The molecule has 0 saturated carbocycles. The lowest BCUT2D eigenvalue weighted by Gasteiger charge is -2.42. The molecule has 220 valence electrons. The summed E-state index contributed by atoms with van der Waals surface area (Å²) >= 11 is 0. The first-order chi connectivity index (χ1) is 21.6. The SMILES string of the molecule is COC(=O)c1cccc(-c2ccccc2CC(=O)N(Cc2ccccc2)[C@@H]2c3ccccc3CC[C@H]2Cc2ccccc2)c1. The number of amides is 1. The Balaban J connectivity index is 1.39. The van der Waals surface area contributed by atoms with Crippen LogP contribution in [0, 0.1) is 5.92 Å². The Morgan fingerprint density at radius 2 is 1.43 bits per heavy atom. The lowest BCUT2D eigenvalue weighted by molar-refractivity contribution is -0.135. The summed E-state index contributed by atoms with van der Waals surface area (Å²) in [5.41, 5.74) is 8.23. The van der Waals surface area contributed by atoms with E-state index in [4.69, 9.17) is 4.74 Å². The molecule has 0 N–H and O–H groups in total. The van der Waals surface area contributed by atoms with Crippen molar-refractivity contribution in [1.82, 2.24) is 4.90 Å². The zero-order valence-electron chi connectivity index (χ0n) is 25.1. The molecule has 2 atom stereocenters. The Hall–Kier alpha value is -4.96. The quantitative estimate of drug-likeness (QED) is 0.165. The van der Waals surface area contributed by atoms with E-state index >= 15 is 0 Å². The first-order valence-electron chi connectivity index (χ1n) is 15.3. The average molecular weight is 580 g/mol. The molecule has 0 unspecified atom stereocenters. The van der Waals surface area contributed by atoms with Crippen molar-refractivity contribution in [2.45, 2.75) is 38.3 Å². The fourth-order valence-electron chi connectivity index (χ4n) is 6.63. The van der Waals surface area contributed by atoms with E-state index in [1.54, 1.807) is 6.07 Å². The van der Waals surface area contributed by atoms with Crippen molar-refractivity contribution >= 4 is 11.9 Å². The number of hydrogen-bond donors (Lipinski definition) is 0. The van der Waals surface area contributed by atoms with E-state index in [9.17, 15) is 9.59 Å². The summed E-state index contributed by atoms with van der Waals surface area (Å²) in [4.78, 5) is 29.1. The summed E-state index contributed by atoms with van der Waals surface area (Å²) in [7, 11) is 1.39. The van der Waals surface area contributed by atoms with Gasteiger partial charge in [-0.1, -0.05) is 121 Å². The Morgan fingerprint density at radius 1 is 0.750 bits per heavy atom. The monoisotopic (exact) mass is 579 g/mol. The summed E-state index contributed by atoms with van der Waals surface area (Å²) in [6.07, 6.45) is 3.19. The van der Waals surface area contributed by atoms with Crippen molar-refractivity contribution in [2.24, 2.45) is 5.92 Å². The maximum Gasteiger partial charge on any atom is 0.337 e. The number of fused-ring (bicyclic) bond motifs is 1. The van der Waals surface area contributed by atoms with E-state index in [1.807, 2.05) is 60.7 Å². The van der Waals surface area contributed by atoms with Gasteiger partial charge >= 0.3 is 5.97 Å². The van der Waals surface area contributed by atoms with Gasteiger partial charge in [-0.2, -0.15) is 0 Å². The number of methoxy groups -OCH3 is 1. The van der Waals surface area contributed by atoms with Crippen molar-refractivity contribution in [3.05, 3.63) is 167 Å². The number of ether oxygens (including phenoxy) is 1. The van der Waals surface area contributed by atoms with E-state index in [0.29, 0.717) is 12.1 Å². The predicted molar refractivity (Wildman–Crippen MR) is 175 cm³/mol. The average Bonchev–Trinajstić information content (AvgIpc) is 3.08. The van der Waals surface area contributed by atoms with Crippen molar-refractivity contribution in [3.63, 3.8) is 0 Å². The highest BCUT2D eigenvalue weighted by Crippen LogP contribution is 2.42. The number of nitrogens with zero attached hydrogens (tertiary/aromatic N) is 1. The van der Waals surface area contributed by atoms with Gasteiger partial charge in [0.1, 0.15) is 0 Å². The Morgan fingerprint density at radius 3 is 2.20 bits per heavy atom. The lowest BCUT2D eigenvalue weighted by atomic mass is 9.76. The van der Waals surface area contributed by atoms with E-state index in [1.165, 1.54) is 23.8 Å². The molecule has 4 nitrogen and oxygen atoms in total. The molecule has 5 aromatic rings. The Bertz CT molecular complexity index is 1730. The third-order valence-electron chi connectivity index (χ3n) is 8.75. The van der Waals surface area contributed by atoms with Crippen molar-refractivity contribution in [3.8, 4) is 11.1 Å². The van der Waals surface area contributed by atoms with Gasteiger partial charge < -0.3 is 9.64 Å². The second-order valence-corrected chi connectivity index (χ2v) is 11.5. The second-order valence-electron chi connectivity index (χ2n) is 11.5. The van der Waals surface area contributed by atoms with Crippen LogP contribution in [0.25, 0.3) is 11.1 Å². The third-order valence-corrected chi connectivity index (χ3v) is 8.75. The van der Waals surface area contributed by atoms with Gasteiger partial charge in [-0.05, 0) is 76.3 Å². The van der Waals surface area contributed by atoms with Gasteiger partial charge in [-0.3, -0.25) is 4.79 Å². The molecule has 4 heteroatoms. The summed E-state index contributed by atoms with van der Waals surface area (Å²) < 4.78 is 4.96. The van der Waals surface area contributed by atoms with Crippen LogP contribution < -0.4 is 0 Å². The van der Waals surface area contributed by atoms with Crippen molar-refractivity contribution in [2.75, 3.05) is 7.11 Å². The summed E-state index contributed by atoms with van der Waals surface area (Å²) in [5.74, 6) is -0.00741. The molecule has 0 radical (unpaired) electrons. The molecular weight excluding hydrogens is 542 g/mol. The standard InChI is InChI=1S/C40H37NO3/c1-44-40(43)35-20-12-19-32(26-35)36-21-10-9-18-33(36)27-38(42)41(28-30-15-6-3-7-16-30)39-34(25-29-13-4-2-5-14-29)24-23-31-17-8-11-22-37(31)39/h2-22,26,34,39H,23-25,27-28H2,1H3/t34-,39-/m0/s1. The first-order valence-corrected chi connectivity index (χ1v) is 15.3. The number of carbonyl (C=O) groups is 2. The maximum absolute atomic E-state index is 14.7. The minimum atomic E-state index is -0.380. The highest BCUT2D eigenvalue weighted by Gasteiger charge is 2.36. The first kappa shape index (κ1) is 29.1. The Labute approximate surface area is 259 Å². The molecule has 6 rings (SSSR count). The van der Waals surface area contributed by atoms with Crippen LogP contribution >= 0.6 is 0 Å². The van der Waals surface area contributed by atoms with Crippen LogP contribution in [0.2, 0.25) is 0 Å². The highest BCUT2D eigenvalue weighted by atomic mass is 16.5. The molecule has 0 spiro atoms. The van der Waals surface area contributed by atoms with E-state index in [-0.39, 0.29) is 30.3 Å². The molecular formula is C40H37NO3. The van der Waals surface area contributed by atoms with Gasteiger partial charge in [-0.15, -0.1) is 0 Å². The van der Waals surface area contributed by atoms with E-state index in [0.717, 1.165) is 41.5 Å². The number of carbonyl (C=O) groups excluding carboxylic acids is 2. The minimum Gasteiger partial charge on any atom is -0.465 e. The number of hydrogen-bond acceptors (Lipinski definition) is 3. The van der Waals surface area contributed by atoms with Crippen LogP contribution in [0.5, 0.6) is 0 Å². The van der Waals surface area contributed by atoms with Gasteiger partial charge in [0.05, 0.1) is 25.1 Å². The molecule has 0 bridgehead atoms. The molecule has 0 aromatic heterocycles. The van der Waals surface area contributed by atoms with Gasteiger partial charge in [0.2, 0.25) is 5.91 Å². The van der Waals surface area contributed by atoms with Crippen molar-refractivity contribution in [1.29, 1.82) is 0 Å². The largest absolute Gasteiger partial charge is 0.465 e. The predicted octanol–water partition coefficient (Wildman–Crippen LogP) is 8.26. The highest BCUT2D eigenvalue weighted by molar-refractivity contribution is 5.91. The number of benzene rings is 5. The molecule has 0 saturated heterocycles. The third kappa shape index (κ3) is 6.50. The molecule has 1 aliphatic carbocycles. The van der Waals surface area contributed by atoms with E-state index in [2.05, 4.69) is 71.6 Å². The normalized spacial score (nSPS) is 15.7. The fraction of sp³-hybridized carbons (Fsp3) is 0.200. The molecule has 5 aromatic carbocycles. The summed E-state index contributed by atoms with van der Waals surface area (Å²) in [6.45, 7) is 0.532. The van der Waals surface area contributed by atoms with Crippen LogP contribution in [-0.2, 0) is 35.3 Å². The fourth-order valence-corrected chi connectivity index (χ4v) is 6.63. The van der Waals surface area contributed by atoms with Gasteiger partial charge in [-0.25, -0.2) is 4.79 Å². The zero-order valence-corrected chi connectivity index (χ0v) is 25.1. The number of esters is 1. The van der Waals surface area contributed by atoms with Crippen LogP contribution in [0.1, 0.15) is 50.6 Å². The van der Waals surface area contributed by atoms with Gasteiger partial charge in [0.15, 0.2) is 0 Å². The van der Waals surface area contributed by atoms with Crippen LogP contribution in [0.4, 0.5) is 0 Å². The summed E-state index contributed by atoms with van der Waals surface area (Å²) in [5, 5.41) is 0. The van der Waals surface area contributed by atoms with Crippen LogP contribution in [-0.4, -0.2) is 23.9 Å². The molecule has 0 aliphatic heterocycles. The maximum atomic E-state index is 14.7. The minimum absolute atomic E-state index is 0.0531. The summed E-state index contributed by atoms with van der Waals surface area (Å²) in [6, 6.07) is 45.0. The molecule has 0 heterocycles. The molecule has 44 heavy (non-hydrogen) atoms. The second kappa shape index (κ2) is 13.6. The molecule has 0 fully saturated rings. The zero-order chi connectivity index (χ0) is 30.3. The Kier molecular flexibility index (Phi) is 8.98.